The van der Waals surface area contributed by atoms with Crippen molar-refractivity contribution in [3.63, 3.8) is 0 Å². The largest absolute Gasteiger partial charge is 0.454 e. The fourth-order valence-corrected chi connectivity index (χ4v) is 3.62. The van der Waals surface area contributed by atoms with Gasteiger partial charge in [-0.2, -0.15) is 0 Å². The summed E-state index contributed by atoms with van der Waals surface area (Å²) in [7, 11) is 0. The van der Waals surface area contributed by atoms with Gasteiger partial charge in [-0.1, -0.05) is 96.3 Å². The van der Waals surface area contributed by atoms with E-state index in [0.717, 1.165) is 0 Å². The fourth-order valence-electron chi connectivity index (χ4n) is 3.41. The number of benzene rings is 4. The number of para-hydroxylation sites is 2. The van der Waals surface area contributed by atoms with Crippen LogP contribution in [0.2, 0.25) is 5.02 Å². The summed E-state index contributed by atoms with van der Waals surface area (Å²) in [5, 5.41) is 1.74. The van der Waals surface area contributed by atoms with Crippen LogP contribution in [0.15, 0.2) is 101 Å². The molecule has 0 saturated heterocycles. The van der Waals surface area contributed by atoms with Crippen molar-refractivity contribution in [3.8, 4) is 34.2 Å². The van der Waals surface area contributed by atoms with Crippen LogP contribution in [0.4, 0.5) is 0 Å². The number of fused-ring (bicyclic) bond motifs is 3. The van der Waals surface area contributed by atoms with Gasteiger partial charge >= 0.3 is 0 Å². The molecule has 0 aliphatic carbocycles. The molecule has 0 atom stereocenters. The molecule has 6 rings (SSSR count). The Morgan fingerprint density at radius 1 is 0.625 bits per heavy atom. The molecule has 152 valence electrons. The Hall–Kier alpha value is -4.02. The van der Waals surface area contributed by atoms with Crippen molar-refractivity contribution in [2.75, 3.05) is 0 Å². The van der Waals surface area contributed by atoms with Gasteiger partial charge in [-0.25, -0.2) is 15.0 Å². The summed E-state index contributed by atoms with van der Waals surface area (Å²) in [6.07, 6.45) is 0. The Balaban J connectivity index is 1.75. The molecule has 4 nitrogen and oxygen atoms in total. The Kier molecular flexibility index (Phi) is 2.62. The molecule has 0 fully saturated rings. The molecule has 6 aromatic rings. The van der Waals surface area contributed by atoms with E-state index in [1.807, 2.05) is 6.07 Å². The van der Waals surface area contributed by atoms with Gasteiger partial charge in [-0.3, -0.25) is 0 Å². The van der Waals surface area contributed by atoms with Gasteiger partial charge in [0, 0.05) is 21.9 Å². The van der Waals surface area contributed by atoms with Gasteiger partial charge < -0.3 is 4.42 Å². The van der Waals surface area contributed by atoms with Crippen LogP contribution in [0.1, 0.15) is 13.7 Å². The van der Waals surface area contributed by atoms with Crippen molar-refractivity contribution in [1.82, 2.24) is 15.0 Å². The molecule has 4 aromatic carbocycles. The second-order valence-corrected chi connectivity index (χ2v) is 7.11. The zero-order valence-corrected chi connectivity index (χ0v) is 16.8. The van der Waals surface area contributed by atoms with Gasteiger partial charge in [-0.05, 0) is 12.1 Å². The van der Waals surface area contributed by atoms with E-state index in [0.29, 0.717) is 32.5 Å². The molecular weight excluding hydrogens is 418 g/mol. The molecule has 0 N–H and O–H groups in total. The monoisotopic (exact) mass is 443 g/mol. The van der Waals surface area contributed by atoms with Crippen molar-refractivity contribution in [2.24, 2.45) is 0 Å². The first-order valence-electron chi connectivity index (χ1n) is 14.4. The standard InChI is InChI=1S/C27H16ClN3O/c28-22-16-8-14-20-19-13-7-15-21(23(19)32-24(20)22)27-30-25(17-9-3-1-4-10-17)29-26(31-27)18-11-5-2-6-12-18/h1-16H/i1D,2D,3D,4D,5D,6D,9D,10D,11D,12D. The molecule has 5 heteroatoms. The quantitative estimate of drug-likeness (QED) is 0.285. The smallest absolute Gasteiger partial charge is 0.167 e. The highest BCUT2D eigenvalue weighted by molar-refractivity contribution is 6.36. The third kappa shape index (κ3) is 3.13. The van der Waals surface area contributed by atoms with Gasteiger partial charge in [0.15, 0.2) is 23.1 Å². The zero-order chi connectivity index (χ0) is 30.2. The summed E-state index contributed by atoms with van der Waals surface area (Å²) in [5.74, 6) is -0.802. The molecule has 0 bridgehead atoms. The number of nitrogens with zero attached hydrogens (tertiary/aromatic N) is 3. The van der Waals surface area contributed by atoms with Crippen LogP contribution in [-0.2, 0) is 0 Å². The molecule has 0 saturated carbocycles. The summed E-state index contributed by atoms with van der Waals surface area (Å²) in [4.78, 5) is 13.2. The maximum Gasteiger partial charge on any atom is 0.167 e. The number of aromatic nitrogens is 3. The van der Waals surface area contributed by atoms with Crippen LogP contribution >= 0.6 is 11.6 Å². The lowest BCUT2D eigenvalue weighted by Gasteiger charge is -2.08. The van der Waals surface area contributed by atoms with Crippen LogP contribution in [-0.4, -0.2) is 15.0 Å². The number of rotatable bonds is 3. The van der Waals surface area contributed by atoms with E-state index in [1.165, 1.54) is 0 Å². The normalized spacial score (nSPS) is 15.7. The molecular formula is C27H16ClN3O. The van der Waals surface area contributed by atoms with E-state index in [4.69, 9.17) is 29.7 Å². The van der Waals surface area contributed by atoms with Crippen molar-refractivity contribution >= 4 is 33.5 Å². The molecule has 0 unspecified atom stereocenters. The average molecular weight is 444 g/mol. The van der Waals surface area contributed by atoms with E-state index in [2.05, 4.69) is 15.0 Å². The third-order valence-electron chi connectivity index (χ3n) is 4.80. The van der Waals surface area contributed by atoms with E-state index in [9.17, 15) is 0 Å². The number of hydrogen-bond donors (Lipinski definition) is 0. The lowest BCUT2D eigenvalue weighted by atomic mass is 10.1. The Bertz CT molecular complexity index is 1990. The highest BCUT2D eigenvalue weighted by atomic mass is 35.5. The molecule has 32 heavy (non-hydrogen) atoms. The maximum absolute atomic E-state index is 8.47. The zero-order valence-electron chi connectivity index (χ0n) is 26.1. The number of halogens is 1. The molecule has 2 aromatic heterocycles. The minimum atomic E-state index is -0.619. The Labute approximate surface area is 203 Å². The van der Waals surface area contributed by atoms with Crippen LogP contribution in [0.5, 0.6) is 0 Å². The van der Waals surface area contributed by atoms with Crippen molar-refractivity contribution in [3.05, 3.63) is 102 Å². The summed E-state index contributed by atoms with van der Waals surface area (Å²) >= 11 is 6.37. The lowest BCUT2D eigenvalue weighted by Crippen LogP contribution is -2.00. The van der Waals surface area contributed by atoms with Crippen LogP contribution < -0.4 is 0 Å². The van der Waals surface area contributed by atoms with Gasteiger partial charge in [0.1, 0.15) is 5.58 Å². The van der Waals surface area contributed by atoms with Gasteiger partial charge in [0.05, 0.1) is 24.3 Å². The molecule has 0 aliphatic rings. The predicted molar refractivity (Wildman–Crippen MR) is 128 cm³/mol. The lowest BCUT2D eigenvalue weighted by molar-refractivity contribution is 0.669. The number of furan rings is 1. The van der Waals surface area contributed by atoms with Crippen molar-refractivity contribution in [2.45, 2.75) is 0 Å². The van der Waals surface area contributed by atoms with E-state index < -0.39 is 60.4 Å². The summed E-state index contributed by atoms with van der Waals surface area (Å²) in [6.45, 7) is 0. The molecule has 0 spiro atoms. The first-order valence-corrected chi connectivity index (χ1v) is 9.80. The van der Waals surface area contributed by atoms with Crippen LogP contribution in [0, 0.1) is 0 Å². The predicted octanol–water partition coefficient (Wildman–Crippen LogP) is 7.43. The van der Waals surface area contributed by atoms with Crippen molar-refractivity contribution in [1.29, 1.82) is 0 Å². The van der Waals surface area contributed by atoms with E-state index >= 15 is 0 Å². The van der Waals surface area contributed by atoms with Crippen LogP contribution in [0.3, 0.4) is 0 Å². The fraction of sp³-hybridized carbons (Fsp3) is 0. The van der Waals surface area contributed by atoms with Gasteiger partial charge in [-0.15, -0.1) is 0 Å². The number of hydrogen-bond acceptors (Lipinski definition) is 4. The summed E-state index contributed by atoms with van der Waals surface area (Å²) in [6, 6.07) is 4.36. The third-order valence-corrected chi connectivity index (χ3v) is 5.10. The summed E-state index contributed by atoms with van der Waals surface area (Å²) < 4.78 is 88.4. The second kappa shape index (κ2) is 7.59. The topological polar surface area (TPSA) is 51.8 Å². The summed E-state index contributed by atoms with van der Waals surface area (Å²) in [5.41, 5.74) is 0.346. The van der Waals surface area contributed by atoms with Gasteiger partial charge in [0.2, 0.25) is 0 Å². The SMILES string of the molecule is [2H]c1c([2H])c([2H])c(-c2nc(-c3c([2H])c([2H])c([2H])c([2H])c3[2H])nc(-c3cccc4c3oc3c(Cl)cccc34)n2)c([2H])c1[2H]. The molecule has 0 radical (unpaired) electrons. The second-order valence-electron chi connectivity index (χ2n) is 6.71. The molecule has 0 aliphatic heterocycles. The molecule has 2 heterocycles. The van der Waals surface area contributed by atoms with Crippen molar-refractivity contribution < 1.29 is 18.1 Å². The highest BCUT2D eigenvalue weighted by Gasteiger charge is 2.18. The highest BCUT2D eigenvalue weighted by Crippen LogP contribution is 2.38. The minimum Gasteiger partial charge on any atom is -0.454 e. The van der Waals surface area contributed by atoms with Gasteiger partial charge in [0.25, 0.3) is 0 Å². The van der Waals surface area contributed by atoms with E-state index in [1.54, 1.807) is 30.3 Å². The maximum atomic E-state index is 8.47. The van der Waals surface area contributed by atoms with Crippen LogP contribution in [0.25, 0.3) is 56.1 Å². The molecule has 0 amide bonds. The Morgan fingerprint density at radius 2 is 1.16 bits per heavy atom. The minimum absolute atomic E-state index is 0.0885. The van der Waals surface area contributed by atoms with E-state index in [-0.39, 0.29) is 28.6 Å². The average Bonchev–Trinajstić information content (AvgIpc) is 3.37. The first-order chi connectivity index (χ1) is 19.9. The first kappa shape index (κ1) is 11.0. The Morgan fingerprint density at radius 3 is 1.78 bits per heavy atom.